The maximum atomic E-state index is 10.8. The Bertz CT molecular complexity index is 314. The second-order valence-electron chi connectivity index (χ2n) is 2.24. The van der Waals surface area contributed by atoms with Crippen LogP contribution in [0.4, 0.5) is 0 Å². The predicted octanol–water partition coefficient (Wildman–Crippen LogP) is -0.746. The predicted molar refractivity (Wildman–Crippen MR) is 34.7 cm³/mol. The molecule has 0 saturated heterocycles. The van der Waals surface area contributed by atoms with Gasteiger partial charge in [0.05, 0.1) is 0 Å². The Labute approximate surface area is 57.3 Å². The minimum Gasteiger partial charge on any atom is -0.801 e. The van der Waals surface area contributed by atoms with Gasteiger partial charge in [-0.05, 0) is 0 Å². The summed E-state index contributed by atoms with van der Waals surface area (Å²) in [5.74, 6) is -0.650. The van der Waals surface area contributed by atoms with E-state index >= 15 is 0 Å². The topological polar surface area (TPSA) is 57.2 Å². The second-order valence-corrected chi connectivity index (χ2v) is 2.24. The molecule has 1 aromatic rings. The fourth-order valence-electron chi connectivity index (χ4n) is 0.828. The van der Waals surface area contributed by atoms with Crippen molar-refractivity contribution in [3.63, 3.8) is 0 Å². The van der Waals surface area contributed by atoms with Crippen LogP contribution in [-0.4, -0.2) is 0 Å². The largest absolute Gasteiger partial charge is 0.801 e. The van der Waals surface area contributed by atoms with Crippen LogP contribution in [0.5, 0.6) is 5.75 Å². The van der Waals surface area contributed by atoms with E-state index in [-0.39, 0.29) is 11.1 Å². The van der Waals surface area contributed by atoms with Crippen LogP contribution in [0.1, 0.15) is 11.1 Å². The summed E-state index contributed by atoms with van der Waals surface area (Å²) in [6.45, 7) is 2.75. The monoisotopic (exact) mass is 138 g/mol. The Morgan fingerprint density at radius 1 is 1.30 bits per heavy atom. The number of rotatable bonds is 0. The summed E-state index contributed by atoms with van der Waals surface area (Å²) in [4.78, 5) is 21.5. The van der Waals surface area contributed by atoms with Crippen LogP contribution in [-0.2, 0) is 0 Å². The highest BCUT2D eigenvalue weighted by Gasteiger charge is 2.18. The van der Waals surface area contributed by atoms with Crippen molar-refractivity contribution in [1.82, 2.24) is 0 Å². The molecular formula is C7H6O3. The van der Waals surface area contributed by atoms with Crippen molar-refractivity contribution in [2.24, 2.45) is 0 Å². The van der Waals surface area contributed by atoms with Gasteiger partial charge in [-0.15, -0.1) is 0 Å². The first-order chi connectivity index (χ1) is 4.55. The summed E-state index contributed by atoms with van der Waals surface area (Å²) in [5, 5.41) is 10.7. The Hall–Kier alpha value is -1.25. The molecule has 1 aromatic carbocycles. The lowest BCUT2D eigenvalue weighted by atomic mass is 10.3. The summed E-state index contributed by atoms with van der Waals surface area (Å²) in [6.07, 6.45) is 0. The van der Waals surface area contributed by atoms with Gasteiger partial charge in [-0.25, -0.2) is 0 Å². The van der Waals surface area contributed by atoms with Crippen molar-refractivity contribution in [1.29, 1.82) is 0 Å². The molecule has 0 saturated carbocycles. The molecule has 0 spiro atoms. The molecule has 0 aliphatic heterocycles. The van der Waals surface area contributed by atoms with Crippen LogP contribution < -0.4 is 16.0 Å². The molecule has 1 rings (SSSR count). The lowest BCUT2D eigenvalue weighted by Gasteiger charge is -1.84. The van der Waals surface area contributed by atoms with Crippen molar-refractivity contribution >= 4 is 0 Å². The maximum Gasteiger partial charge on any atom is 0.306 e. The third-order valence-electron chi connectivity index (χ3n) is 1.57. The van der Waals surface area contributed by atoms with Gasteiger partial charge in [0.1, 0.15) is 16.9 Å². The third kappa shape index (κ3) is 0.635. The van der Waals surface area contributed by atoms with E-state index in [4.69, 9.17) is 0 Å². The van der Waals surface area contributed by atoms with Gasteiger partial charge in [0, 0.05) is 13.8 Å². The van der Waals surface area contributed by atoms with Crippen LogP contribution in [0.25, 0.3) is 0 Å². The fraction of sp³-hybridized carbons (Fsp3) is 0.286. The molecule has 3 nitrogen and oxygen atoms in total. The van der Waals surface area contributed by atoms with E-state index in [0.29, 0.717) is 0 Å². The Morgan fingerprint density at radius 2 is 1.80 bits per heavy atom. The fourth-order valence-corrected chi connectivity index (χ4v) is 0.828. The first-order valence-corrected chi connectivity index (χ1v) is 2.86. The normalized spacial score (nSPS) is 10.2. The molecule has 0 heterocycles. The van der Waals surface area contributed by atoms with Crippen molar-refractivity contribution in [3.05, 3.63) is 31.6 Å². The van der Waals surface area contributed by atoms with Crippen molar-refractivity contribution in [2.45, 2.75) is 13.8 Å². The summed E-state index contributed by atoms with van der Waals surface area (Å²) in [7, 11) is 0. The molecule has 0 amide bonds. The van der Waals surface area contributed by atoms with Gasteiger partial charge in [0.2, 0.25) is 0 Å². The van der Waals surface area contributed by atoms with Gasteiger partial charge in [0.15, 0.2) is 0 Å². The maximum absolute atomic E-state index is 10.8. The molecule has 0 fully saturated rings. The summed E-state index contributed by atoms with van der Waals surface area (Å²) in [6, 6.07) is 0. The molecule has 10 heavy (non-hydrogen) atoms. The van der Waals surface area contributed by atoms with Crippen LogP contribution in [0, 0.1) is 13.8 Å². The van der Waals surface area contributed by atoms with Gasteiger partial charge in [-0.1, -0.05) is 0 Å². The minimum absolute atomic E-state index is 0.0440. The molecule has 52 valence electrons. The van der Waals surface area contributed by atoms with Gasteiger partial charge in [-0.3, -0.25) is 9.59 Å². The highest BCUT2D eigenvalue weighted by molar-refractivity contribution is 5.37. The van der Waals surface area contributed by atoms with Crippen molar-refractivity contribution in [3.8, 4) is 5.75 Å². The first-order valence-electron chi connectivity index (χ1n) is 2.86. The van der Waals surface area contributed by atoms with Gasteiger partial charge >= 0.3 is 10.9 Å². The zero-order valence-corrected chi connectivity index (χ0v) is 5.72. The smallest absolute Gasteiger partial charge is 0.306 e. The Kier molecular flexibility index (Phi) is 1.28. The van der Waals surface area contributed by atoms with E-state index in [9.17, 15) is 14.7 Å². The molecule has 0 aliphatic carbocycles. The molecule has 0 radical (unpaired) electrons. The summed E-state index contributed by atoms with van der Waals surface area (Å²) in [5.41, 5.74) is -0.970. The molecule has 0 N–H and O–H groups in total. The SMILES string of the molecule is Cc1c([O-])c(=O)[c+](C)c1=O. The Morgan fingerprint density at radius 3 is 1.90 bits per heavy atom. The van der Waals surface area contributed by atoms with Gasteiger partial charge in [0.25, 0.3) is 0 Å². The van der Waals surface area contributed by atoms with Gasteiger partial charge in [-0.2, -0.15) is 0 Å². The standard InChI is InChI=1S/C7H6O3/c1-3-5(8)4(2)7(10)6(3)9/h1-2H3. The minimum atomic E-state index is -0.650. The number of hydrogen-bond acceptors (Lipinski definition) is 3. The molecule has 0 aliphatic rings. The van der Waals surface area contributed by atoms with E-state index in [1.165, 1.54) is 13.8 Å². The number of hydrogen-bond donors (Lipinski definition) is 0. The van der Waals surface area contributed by atoms with Crippen LogP contribution >= 0.6 is 0 Å². The zero-order chi connectivity index (χ0) is 7.89. The Balaban J connectivity index is 3.77. The van der Waals surface area contributed by atoms with Crippen molar-refractivity contribution < 1.29 is 5.11 Å². The average molecular weight is 138 g/mol. The third-order valence-corrected chi connectivity index (χ3v) is 1.57. The highest BCUT2D eigenvalue weighted by atomic mass is 16.3. The molecule has 3 heteroatoms. The lowest BCUT2D eigenvalue weighted by molar-refractivity contribution is -0.270. The van der Waals surface area contributed by atoms with Crippen LogP contribution in [0.3, 0.4) is 0 Å². The average Bonchev–Trinajstić information content (AvgIpc) is 2.07. The lowest BCUT2D eigenvalue weighted by Crippen LogP contribution is -2.08. The summed E-state index contributed by atoms with van der Waals surface area (Å²) >= 11 is 0. The second kappa shape index (κ2) is 1.87. The van der Waals surface area contributed by atoms with Crippen LogP contribution in [0.2, 0.25) is 0 Å². The summed E-state index contributed by atoms with van der Waals surface area (Å²) < 4.78 is 0. The quantitative estimate of drug-likeness (QED) is 0.443. The highest BCUT2D eigenvalue weighted by Crippen LogP contribution is 2.01. The van der Waals surface area contributed by atoms with E-state index in [2.05, 4.69) is 0 Å². The zero-order valence-electron chi connectivity index (χ0n) is 5.72. The van der Waals surface area contributed by atoms with Crippen LogP contribution in [0.15, 0.2) is 9.59 Å². The molecule has 0 aromatic heterocycles. The molecular weight excluding hydrogens is 132 g/mol. The van der Waals surface area contributed by atoms with E-state index in [1.807, 2.05) is 0 Å². The molecule has 0 bridgehead atoms. The van der Waals surface area contributed by atoms with E-state index < -0.39 is 16.6 Å². The molecule has 0 unspecified atom stereocenters. The first kappa shape index (κ1) is 6.86. The van der Waals surface area contributed by atoms with Gasteiger partial charge < -0.3 is 5.11 Å². The van der Waals surface area contributed by atoms with E-state index in [0.717, 1.165) is 0 Å². The molecule has 0 atom stereocenters. The van der Waals surface area contributed by atoms with Crippen molar-refractivity contribution in [2.75, 3.05) is 0 Å². The van der Waals surface area contributed by atoms with E-state index in [1.54, 1.807) is 0 Å².